The van der Waals surface area contributed by atoms with Crippen LogP contribution in [0.5, 0.6) is 5.75 Å². The van der Waals surface area contributed by atoms with Gasteiger partial charge in [-0.1, -0.05) is 50.6 Å². The Morgan fingerprint density at radius 2 is 1.80 bits per heavy atom. The lowest BCUT2D eigenvalue weighted by molar-refractivity contribution is 0.298. The van der Waals surface area contributed by atoms with Crippen LogP contribution in [0.3, 0.4) is 0 Å². The van der Waals surface area contributed by atoms with E-state index in [9.17, 15) is 0 Å². The Hall–Kier alpha value is -1.67. The SMILES string of the molecule is CC(C)(C)c1ccccc1OCc1cc(Cl)ccc1N. The van der Waals surface area contributed by atoms with Gasteiger partial charge in [-0.3, -0.25) is 0 Å². The molecule has 0 bridgehead atoms. The molecule has 0 amide bonds. The van der Waals surface area contributed by atoms with Gasteiger partial charge in [0, 0.05) is 16.3 Å². The summed E-state index contributed by atoms with van der Waals surface area (Å²) in [5, 5.41) is 0.668. The van der Waals surface area contributed by atoms with Gasteiger partial charge in [0.2, 0.25) is 0 Å². The molecule has 0 fully saturated rings. The fourth-order valence-corrected chi connectivity index (χ4v) is 2.26. The van der Waals surface area contributed by atoms with Crippen LogP contribution < -0.4 is 10.5 Å². The van der Waals surface area contributed by atoms with Gasteiger partial charge in [0.05, 0.1) is 0 Å². The van der Waals surface area contributed by atoms with E-state index in [0.717, 1.165) is 11.3 Å². The number of halogens is 1. The molecule has 2 N–H and O–H groups in total. The maximum absolute atomic E-state index is 5.99. The molecule has 0 saturated carbocycles. The number of anilines is 1. The number of hydrogen-bond acceptors (Lipinski definition) is 2. The lowest BCUT2D eigenvalue weighted by atomic mass is 9.86. The maximum Gasteiger partial charge on any atom is 0.123 e. The van der Waals surface area contributed by atoms with Crippen molar-refractivity contribution in [2.75, 3.05) is 5.73 Å². The zero-order valence-electron chi connectivity index (χ0n) is 12.1. The molecule has 106 valence electrons. The smallest absolute Gasteiger partial charge is 0.123 e. The van der Waals surface area contributed by atoms with Crippen molar-refractivity contribution in [2.24, 2.45) is 0 Å². The second-order valence-electron chi connectivity index (χ2n) is 5.88. The Morgan fingerprint density at radius 3 is 2.50 bits per heavy atom. The van der Waals surface area contributed by atoms with Gasteiger partial charge >= 0.3 is 0 Å². The molecule has 0 saturated heterocycles. The molecular weight excluding hydrogens is 270 g/mol. The molecule has 0 atom stereocenters. The zero-order chi connectivity index (χ0) is 14.8. The van der Waals surface area contributed by atoms with E-state index in [1.807, 2.05) is 24.3 Å². The number of benzene rings is 2. The molecule has 0 aromatic heterocycles. The Balaban J connectivity index is 2.21. The van der Waals surface area contributed by atoms with Crippen molar-refractivity contribution in [2.45, 2.75) is 32.8 Å². The number of nitrogen functional groups attached to an aromatic ring is 1. The van der Waals surface area contributed by atoms with Crippen LogP contribution >= 0.6 is 11.6 Å². The third-order valence-electron chi connectivity index (χ3n) is 3.18. The van der Waals surface area contributed by atoms with Crippen molar-refractivity contribution >= 4 is 17.3 Å². The van der Waals surface area contributed by atoms with E-state index in [1.54, 1.807) is 12.1 Å². The van der Waals surface area contributed by atoms with Crippen molar-refractivity contribution < 1.29 is 4.74 Å². The van der Waals surface area contributed by atoms with Gasteiger partial charge in [-0.2, -0.15) is 0 Å². The van der Waals surface area contributed by atoms with Gasteiger partial charge in [-0.25, -0.2) is 0 Å². The summed E-state index contributed by atoms with van der Waals surface area (Å²) in [6.07, 6.45) is 0. The molecule has 3 heteroatoms. The number of para-hydroxylation sites is 1. The van der Waals surface area contributed by atoms with Gasteiger partial charge < -0.3 is 10.5 Å². The molecule has 0 aliphatic carbocycles. The number of hydrogen-bond donors (Lipinski definition) is 1. The van der Waals surface area contributed by atoms with Gasteiger partial charge in [0.25, 0.3) is 0 Å². The fraction of sp³-hybridized carbons (Fsp3) is 0.294. The first kappa shape index (κ1) is 14.7. The van der Waals surface area contributed by atoms with Crippen LogP contribution in [0.15, 0.2) is 42.5 Å². The minimum absolute atomic E-state index is 0.0382. The standard InChI is InChI=1S/C17H20ClNO/c1-17(2,3)14-6-4-5-7-16(14)20-11-12-10-13(18)8-9-15(12)19/h4-10H,11,19H2,1-3H3. The predicted octanol–water partition coefficient (Wildman–Crippen LogP) is 4.80. The largest absolute Gasteiger partial charge is 0.489 e. The Kier molecular flexibility index (Phi) is 4.24. The number of nitrogens with two attached hydrogens (primary N) is 1. The summed E-state index contributed by atoms with van der Waals surface area (Å²) in [6, 6.07) is 13.5. The first-order valence-corrected chi connectivity index (χ1v) is 7.02. The normalized spacial score (nSPS) is 11.4. The predicted molar refractivity (Wildman–Crippen MR) is 85.3 cm³/mol. The third-order valence-corrected chi connectivity index (χ3v) is 3.42. The van der Waals surface area contributed by atoms with Crippen molar-refractivity contribution in [3.8, 4) is 5.75 Å². The molecule has 0 unspecified atom stereocenters. The summed E-state index contributed by atoms with van der Waals surface area (Å²) in [7, 11) is 0. The highest BCUT2D eigenvalue weighted by Gasteiger charge is 2.18. The minimum Gasteiger partial charge on any atom is -0.489 e. The van der Waals surface area contributed by atoms with Crippen LogP contribution in [-0.4, -0.2) is 0 Å². The van der Waals surface area contributed by atoms with E-state index < -0.39 is 0 Å². The number of ether oxygens (including phenoxy) is 1. The molecule has 0 aliphatic heterocycles. The average Bonchev–Trinajstić information content (AvgIpc) is 2.39. The van der Waals surface area contributed by atoms with Crippen LogP contribution in [0.4, 0.5) is 5.69 Å². The van der Waals surface area contributed by atoms with Crippen molar-refractivity contribution in [1.29, 1.82) is 0 Å². The van der Waals surface area contributed by atoms with Crippen molar-refractivity contribution in [3.05, 3.63) is 58.6 Å². The quantitative estimate of drug-likeness (QED) is 0.824. The topological polar surface area (TPSA) is 35.2 Å². The van der Waals surface area contributed by atoms with E-state index in [2.05, 4.69) is 26.8 Å². The minimum atomic E-state index is 0.0382. The van der Waals surface area contributed by atoms with E-state index in [4.69, 9.17) is 22.1 Å². The highest BCUT2D eigenvalue weighted by molar-refractivity contribution is 6.30. The van der Waals surface area contributed by atoms with E-state index in [-0.39, 0.29) is 5.41 Å². The maximum atomic E-state index is 5.99. The average molecular weight is 290 g/mol. The molecule has 2 aromatic rings. The lowest BCUT2D eigenvalue weighted by Crippen LogP contribution is -2.13. The van der Waals surface area contributed by atoms with Crippen LogP contribution in [0.1, 0.15) is 31.9 Å². The fourth-order valence-electron chi connectivity index (χ4n) is 2.07. The van der Waals surface area contributed by atoms with Gasteiger partial charge in [-0.05, 0) is 35.2 Å². The second kappa shape index (κ2) is 5.76. The van der Waals surface area contributed by atoms with Gasteiger partial charge in [0.15, 0.2) is 0 Å². The monoisotopic (exact) mass is 289 g/mol. The van der Waals surface area contributed by atoms with Crippen LogP contribution in [0, 0.1) is 0 Å². The molecular formula is C17H20ClNO. The van der Waals surface area contributed by atoms with Gasteiger partial charge in [-0.15, -0.1) is 0 Å². The molecule has 0 aliphatic rings. The summed E-state index contributed by atoms with van der Waals surface area (Å²) in [4.78, 5) is 0. The first-order valence-electron chi connectivity index (χ1n) is 6.64. The van der Waals surface area contributed by atoms with E-state index >= 15 is 0 Å². The highest BCUT2D eigenvalue weighted by Crippen LogP contribution is 2.31. The molecule has 2 nitrogen and oxygen atoms in total. The van der Waals surface area contributed by atoms with Crippen molar-refractivity contribution in [1.82, 2.24) is 0 Å². The second-order valence-corrected chi connectivity index (χ2v) is 6.31. The molecule has 20 heavy (non-hydrogen) atoms. The summed E-state index contributed by atoms with van der Waals surface area (Å²) in [5.41, 5.74) is 8.76. The summed E-state index contributed by atoms with van der Waals surface area (Å²) in [5.74, 6) is 0.888. The van der Waals surface area contributed by atoms with E-state index in [0.29, 0.717) is 17.3 Å². The Bertz CT molecular complexity index is 602. The Morgan fingerprint density at radius 1 is 1.10 bits per heavy atom. The van der Waals surface area contributed by atoms with Crippen LogP contribution in [-0.2, 0) is 12.0 Å². The van der Waals surface area contributed by atoms with Crippen LogP contribution in [0.2, 0.25) is 5.02 Å². The zero-order valence-corrected chi connectivity index (χ0v) is 12.9. The number of rotatable bonds is 3. The molecule has 0 radical (unpaired) electrons. The molecule has 2 rings (SSSR count). The van der Waals surface area contributed by atoms with Crippen LogP contribution in [0.25, 0.3) is 0 Å². The lowest BCUT2D eigenvalue weighted by Gasteiger charge is -2.22. The third kappa shape index (κ3) is 3.45. The highest BCUT2D eigenvalue weighted by atomic mass is 35.5. The first-order chi connectivity index (χ1) is 9.38. The summed E-state index contributed by atoms with van der Waals surface area (Å²) >= 11 is 5.99. The van der Waals surface area contributed by atoms with Crippen molar-refractivity contribution in [3.63, 3.8) is 0 Å². The van der Waals surface area contributed by atoms with Gasteiger partial charge in [0.1, 0.15) is 12.4 Å². The molecule has 0 heterocycles. The summed E-state index contributed by atoms with van der Waals surface area (Å²) < 4.78 is 5.95. The molecule has 0 spiro atoms. The van der Waals surface area contributed by atoms with E-state index in [1.165, 1.54) is 5.56 Å². The summed E-state index contributed by atoms with van der Waals surface area (Å²) in [6.45, 7) is 6.92. The molecule has 2 aromatic carbocycles. The Labute approximate surface area is 125 Å².